The summed E-state index contributed by atoms with van der Waals surface area (Å²) in [4.78, 5) is 20.6. The zero-order valence-corrected chi connectivity index (χ0v) is 14.3. The van der Waals surface area contributed by atoms with E-state index in [1.807, 2.05) is 0 Å². The largest absolute Gasteiger partial charge is 0.481 e. The highest BCUT2D eigenvalue weighted by Crippen LogP contribution is 2.22. The van der Waals surface area contributed by atoms with E-state index >= 15 is 0 Å². The molecule has 0 spiro atoms. The van der Waals surface area contributed by atoms with Gasteiger partial charge in [-0.3, -0.25) is 9.59 Å². The van der Waals surface area contributed by atoms with E-state index in [1.165, 1.54) is 0 Å². The molecule has 0 amide bonds. The average Bonchev–Trinajstić information content (AvgIpc) is 2.60. The maximum Gasteiger partial charge on any atom is 0.306 e. The van der Waals surface area contributed by atoms with Gasteiger partial charge >= 0.3 is 11.9 Å². The molecule has 14 nitrogen and oxygen atoms in total. The Morgan fingerprint density at radius 2 is 0.821 bits per heavy atom. The summed E-state index contributed by atoms with van der Waals surface area (Å²) in [7, 11) is 0. The average molecular weight is 416 g/mol. The molecule has 0 radical (unpaired) electrons. The minimum absolute atomic E-state index is 0.554. The van der Waals surface area contributed by atoms with Gasteiger partial charge in [-0.05, 0) is 0 Å². The number of aliphatic hydroxyl groups excluding tert-OH is 8. The zero-order valence-electron chi connectivity index (χ0n) is 14.3. The molecule has 0 aromatic carbocycles. The first-order valence-electron chi connectivity index (χ1n) is 8.05. The Labute approximate surface area is 157 Å². The molecule has 10 atom stereocenters. The van der Waals surface area contributed by atoms with E-state index in [1.54, 1.807) is 0 Å². The third-order valence-corrected chi connectivity index (χ3v) is 4.13. The number of carbonyl (C=O) groups is 2. The van der Waals surface area contributed by atoms with Crippen molar-refractivity contribution in [1.29, 1.82) is 0 Å². The van der Waals surface area contributed by atoms with Crippen molar-refractivity contribution in [2.24, 2.45) is 0 Å². The molecule has 0 bridgehead atoms. The van der Waals surface area contributed by atoms with Gasteiger partial charge in [0.15, 0.2) is 12.6 Å². The fourth-order valence-electron chi connectivity index (χ4n) is 2.54. The number of aliphatic carboxylic acids is 2. The first-order valence-corrected chi connectivity index (χ1v) is 8.05. The van der Waals surface area contributed by atoms with Crippen LogP contribution >= 0.6 is 0 Å². The number of hydrogen-bond donors (Lipinski definition) is 10. The van der Waals surface area contributed by atoms with Crippen molar-refractivity contribution in [1.82, 2.24) is 0 Å². The van der Waals surface area contributed by atoms with E-state index in [-0.39, 0.29) is 0 Å². The molecular weight excluding hydrogens is 392 g/mol. The van der Waals surface area contributed by atoms with E-state index in [0.717, 1.165) is 0 Å². The summed E-state index contributed by atoms with van der Waals surface area (Å²) < 4.78 is 9.21. The first kappa shape index (κ1) is 24.6. The van der Waals surface area contributed by atoms with E-state index in [9.17, 15) is 19.8 Å². The van der Waals surface area contributed by atoms with Crippen molar-refractivity contribution in [3.8, 4) is 0 Å². The highest BCUT2D eigenvalue weighted by molar-refractivity contribution is 5.67. The first-order chi connectivity index (χ1) is 12.9. The molecular formula is C14H24O14. The number of carboxylic acids is 2. The molecule has 14 heteroatoms. The summed E-state index contributed by atoms with van der Waals surface area (Å²) in [6, 6.07) is 0. The summed E-state index contributed by atoms with van der Waals surface area (Å²) in [5.74, 6) is -2.46. The number of hydrogen-bond acceptors (Lipinski definition) is 12. The Bertz CT molecular complexity index is 482. The molecule has 2 fully saturated rings. The van der Waals surface area contributed by atoms with Crippen LogP contribution in [0.4, 0.5) is 0 Å². The van der Waals surface area contributed by atoms with Crippen LogP contribution in [-0.4, -0.2) is 124 Å². The van der Waals surface area contributed by atoms with Gasteiger partial charge in [0.25, 0.3) is 0 Å². The lowest BCUT2D eigenvalue weighted by Gasteiger charge is -2.37. The lowest BCUT2D eigenvalue weighted by Crippen LogP contribution is -2.57. The monoisotopic (exact) mass is 416 g/mol. The molecule has 0 unspecified atom stereocenters. The maximum atomic E-state index is 10.3. The normalized spacial score (nSPS) is 43.6. The van der Waals surface area contributed by atoms with Crippen LogP contribution in [0.25, 0.3) is 0 Å². The van der Waals surface area contributed by atoms with Gasteiger partial charge in [-0.1, -0.05) is 0 Å². The summed E-state index contributed by atoms with van der Waals surface area (Å²) in [6.07, 6.45) is -16.4. The Kier molecular flexibility index (Phi) is 9.09. The Hall–Kier alpha value is -1.46. The van der Waals surface area contributed by atoms with Crippen molar-refractivity contribution in [2.75, 3.05) is 0 Å². The van der Waals surface area contributed by atoms with Crippen LogP contribution in [0.15, 0.2) is 0 Å². The van der Waals surface area contributed by atoms with Gasteiger partial charge < -0.3 is 60.5 Å². The molecule has 2 rings (SSSR count). The Morgan fingerprint density at radius 3 is 1.07 bits per heavy atom. The summed E-state index contributed by atoms with van der Waals surface area (Å²) in [6.45, 7) is 0. The van der Waals surface area contributed by atoms with Gasteiger partial charge in [-0.2, -0.15) is 0 Å². The van der Waals surface area contributed by atoms with Crippen LogP contribution in [-0.2, 0) is 19.1 Å². The van der Waals surface area contributed by atoms with Crippen LogP contribution in [0.5, 0.6) is 0 Å². The SMILES string of the molecule is O=C(O)C[C@H]1O[C@H](O)[C@H](O)[C@@H](O)[C@@H]1O.O=C(O)C[C@H]1O[C@H](O)[C@H](O)[C@@H](O)[C@@H]1O. The van der Waals surface area contributed by atoms with Crippen molar-refractivity contribution < 1.29 is 70.1 Å². The third-order valence-electron chi connectivity index (χ3n) is 4.13. The predicted molar refractivity (Wildman–Crippen MR) is 82.3 cm³/mol. The standard InChI is InChI=1S/2C7H12O7/c2*8-3(9)1-2-4(10)5(11)6(12)7(13)14-2/h2*2,4-7,10-13H,1H2,(H,8,9)/t2*2-,4-,5+,6-,7+/m11/s1. The summed E-state index contributed by atoms with van der Waals surface area (Å²) >= 11 is 0. The molecule has 2 saturated heterocycles. The quantitative estimate of drug-likeness (QED) is 0.205. The Morgan fingerprint density at radius 1 is 0.536 bits per heavy atom. The number of carboxylic acid groups (broad SMARTS) is 2. The van der Waals surface area contributed by atoms with Crippen molar-refractivity contribution in [2.45, 2.75) is 74.3 Å². The van der Waals surface area contributed by atoms with E-state index in [4.69, 9.17) is 40.9 Å². The fourth-order valence-corrected chi connectivity index (χ4v) is 2.54. The lowest BCUT2D eigenvalue weighted by molar-refractivity contribution is -0.282. The second kappa shape index (κ2) is 10.4. The van der Waals surface area contributed by atoms with Gasteiger partial charge in [-0.15, -0.1) is 0 Å². The Balaban J connectivity index is 0.000000280. The zero-order chi connectivity index (χ0) is 21.8. The molecule has 28 heavy (non-hydrogen) atoms. The molecule has 10 N–H and O–H groups in total. The smallest absolute Gasteiger partial charge is 0.306 e. The van der Waals surface area contributed by atoms with Crippen molar-refractivity contribution >= 4 is 11.9 Å². The van der Waals surface area contributed by atoms with Gasteiger partial charge in [0.1, 0.15) is 36.6 Å². The fraction of sp³-hybridized carbons (Fsp3) is 0.857. The van der Waals surface area contributed by atoms with Crippen LogP contribution < -0.4 is 0 Å². The second-order valence-corrected chi connectivity index (χ2v) is 6.27. The maximum absolute atomic E-state index is 10.3. The number of aliphatic hydroxyl groups is 8. The lowest BCUT2D eigenvalue weighted by atomic mass is 9.97. The van der Waals surface area contributed by atoms with Crippen LogP contribution in [0.2, 0.25) is 0 Å². The molecule has 0 aromatic rings. The topological polar surface area (TPSA) is 255 Å². The molecule has 164 valence electrons. The summed E-state index contributed by atoms with van der Waals surface area (Å²) in [5, 5.41) is 89.8. The summed E-state index contributed by atoms with van der Waals surface area (Å²) in [5.41, 5.74) is 0. The number of rotatable bonds is 4. The predicted octanol–water partition coefficient (Wildman–Crippen LogP) is -5.48. The molecule has 2 aliphatic heterocycles. The van der Waals surface area contributed by atoms with Crippen LogP contribution in [0.3, 0.4) is 0 Å². The van der Waals surface area contributed by atoms with Crippen LogP contribution in [0.1, 0.15) is 12.8 Å². The van der Waals surface area contributed by atoms with E-state index in [0.29, 0.717) is 0 Å². The molecule has 0 aromatic heterocycles. The highest BCUT2D eigenvalue weighted by atomic mass is 16.6. The van der Waals surface area contributed by atoms with Gasteiger partial charge in [-0.25, -0.2) is 0 Å². The molecule has 0 saturated carbocycles. The third kappa shape index (κ3) is 6.28. The van der Waals surface area contributed by atoms with E-state index in [2.05, 4.69) is 9.47 Å². The molecule has 0 aliphatic carbocycles. The second-order valence-electron chi connectivity index (χ2n) is 6.27. The van der Waals surface area contributed by atoms with Gasteiger partial charge in [0.2, 0.25) is 0 Å². The minimum atomic E-state index is -1.68. The minimum Gasteiger partial charge on any atom is -0.481 e. The van der Waals surface area contributed by atoms with Crippen molar-refractivity contribution in [3.63, 3.8) is 0 Å². The highest BCUT2D eigenvalue weighted by Gasteiger charge is 2.44. The van der Waals surface area contributed by atoms with Gasteiger partial charge in [0, 0.05) is 0 Å². The molecule has 2 aliphatic rings. The molecule has 2 heterocycles. The number of ether oxygens (including phenoxy) is 2. The van der Waals surface area contributed by atoms with Crippen molar-refractivity contribution in [3.05, 3.63) is 0 Å². The van der Waals surface area contributed by atoms with Gasteiger partial charge in [0.05, 0.1) is 25.0 Å². The van der Waals surface area contributed by atoms with E-state index < -0.39 is 86.2 Å². The van der Waals surface area contributed by atoms with Crippen LogP contribution in [0, 0.1) is 0 Å².